The topological polar surface area (TPSA) is 0 Å². The van der Waals surface area contributed by atoms with Crippen LogP contribution >= 0.6 is 37.7 Å². The van der Waals surface area contributed by atoms with E-state index in [9.17, 15) is 13.2 Å². The van der Waals surface area contributed by atoms with Crippen molar-refractivity contribution >= 4 is 50.3 Å². The molecule has 0 N–H and O–H groups in total. The first-order chi connectivity index (χ1) is 6.02. The van der Waals surface area contributed by atoms with Gasteiger partial charge in [0.25, 0.3) is 0 Å². The summed E-state index contributed by atoms with van der Waals surface area (Å²) in [5.41, 5.74) is -0.657. The minimum Gasteiger partial charge on any atom is -0.276 e. The van der Waals surface area contributed by atoms with Crippen LogP contribution in [0.1, 0.15) is 5.56 Å². The third-order valence-corrected chi connectivity index (χ3v) is 1.03. The van der Waals surface area contributed by atoms with Gasteiger partial charge < -0.3 is 0 Å². The van der Waals surface area contributed by atoms with Gasteiger partial charge in [-0.3, -0.25) is 37.7 Å². The van der Waals surface area contributed by atoms with Crippen LogP contribution in [0.2, 0.25) is 0 Å². The maximum atomic E-state index is 11.8. The Labute approximate surface area is 104 Å². The van der Waals surface area contributed by atoms with Crippen molar-refractivity contribution in [2.75, 3.05) is 0 Å². The maximum absolute atomic E-state index is 11.8. The first-order valence-electron chi connectivity index (χ1n) is 3.17. The number of rotatable bonds is 0. The summed E-state index contributed by atoms with van der Waals surface area (Å²) in [5.74, 6) is 0. The third-order valence-electron chi connectivity index (χ3n) is 1.03. The normalized spacial score (nSPS) is 9.62. The summed E-state index contributed by atoms with van der Waals surface area (Å²) in [6.45, 7) is 0. The highest BCUT2D eigenvalue weighted by molar-refractivity contribution is 14.3. The first kappa shape index (κ1) is 14.2. The lowest BCUT2D eigenvalue weighted by Crippen LogP contribution is -2.03. The zero-order valence-corrected chi connectivity index (χ0v) is 12.1. The highest BCUT2D eigenvalue weighted by Gasteiger charge is 2.29. The van der Waals surface area contributed by atoms with Gasteiger partial charge in [0.15, 0.2) is 0 Å². The number of halogens is 5. The van der Waals surface area contributed by atoms with E-state index in [1.165, 1.54) is 12.1 Å². The monoisotopic (exact) mass is 423 g/mol. The van der Waals surface area contributed by atoms with Gasteiger partial charge in [0.1, 0.15) is 0 Å². The molecule has 0 aromatic heterocycles. The molecule has 13 heavy (non-hydrogen) atoms. The highest BCUT2D eigenvalue weighted by Crippen LogP contribution is 2.28. The Balaban J connectivity index is 0.000000424. The molecular weight excluding hydrogens is 419 g/mol. The average molecular weight is 423 g/mol. The Morgan fingerprint density at radius 2 is 1.85 bits per heavy atom. The Morgan fingerprint density at radius 3 is 2.08 bits per heavy atom. The van der Waals surface area contributed by atoms with Crippen molar-refractivity contribution in [3.05, 3.63) is 35.9 Å². The van der Waals surface area contributed by atoms with Gasteiger partial charge in [-0.15, -0.1) is 0 Å². The molecule has 1 aromatic rings. The van der Waals surface area contributed by atoms with Crippen LogP contribution in [-0.4, -0.2) is 12.6 Å². The summed E-state index contributed by atoms with van der Waals surface area (Å²) in [6, 6.07) is 7.01. The van der Waals surface area contributed by atoms with Gasteiger partial charge in [-0.1, -0.05) is 12.1 Å². The van der Waals surface area contributed by atoms with Gasteiger partial charge in [0.2, 0.25) is 0 Å². The third kappa shape index (κ3) is 7.20. The molecule has 69 valence electrons. The molecule has 0 aliphatic carbocycles. The summed E-state index contributed by atoms with van der Waals surface area (Å²) in [5, 5.41) is 0. The van der Waals surface area contributed by atoms with Crippen molar-refractivity contribution in [2.24, 2.45) is 0 Å². The van der Waals surface area contributed by atoms with E-state index in [1.807, 2.05) is 0 Å². The number of hydrogen-bond donors (Lipinski definition) is 0. The molecule has 0 nitrogen and oxygen atoms in total. The molecule has 1 radical (unpaired) electrons. The van der Waals surface area contributed by atoms with Crippen LogP contribution in [0.3, 0.4) is 0 Å². The zero-order chi connectivity index (χ0) is 10.3. The van der Waals surface area contributed by atoms with Gasteiger partial charge in [-0.05, 0) is 18.2 Å². The summed E-state index contributed by atoms with van der Waals surface area (Å²) in [7, 11) is 0. The summed E-state index contributed by atoms with van der Waals surface area (Å²) < 4.78 is 35.3. The van der Waals surface area contributed by atoms with Crippen LogP contribution in [0.5, 0.6) is 0 Å². The van der Waals surface area contributed by atoms with Gasteiger partial charge >= 0.3 is 18.8 Å². The number of hydrogen-bond acceptors (Lipinski definition) is 0. The second kappa shape index (κ2) is 7.52. The molecule has 6 heteroatoms. The minimum atomic E-state index is -4.24. The standard InChI is InChI=1S/C7H4F3.2HI.Mg/c8-7(9,10)6-4-2-1-3-5-6;;;/h1-2,4-5H;2*1H;/q;;;+2/p-2. The van der Waals surface area contributed by atoms with Crippen LogP contribution in [0.15, 0.2) is 24.3 Å². The molecule has 0 atom stereocenters. The molecule has 0 heterocycles. The fraction of sp³-hybridized carbons (Fsp3) is 0.143. The van der Waals surface area contributed by atoms with Crippen LogP contribution in [0.4, 0.5) is 13.2 Å². The van der Waals surface area contributed by atoms with Crippen molar-refractivity contribution in [1.29, 1.82) is 0 Å². The Hall–Kier alpha value is 1.24. The lowest BCUT2D eigenvalue weighted by atomic mass is 10.2. The van der Waals surface area contributed by atoms with E-state index in [0.29, 0.717) is 12.6 Å². The largest absolute Gasteiger partial charge is 0.552 e. The van der Waals surface area contributed by atoms with Crippen LogP contribution in [0.25, 0.3) is 0 Å². The molecule has 0 saturated heterocycles. The van der Waals surface area contributed by atoms with Gasteiger partial charge in [0.05, 0.1) is 5.56 Å². The number of alkyl halides is 3. The molecule has 1 rings (SSSR count). The lowest BCUT2D eigenvalue weighted by molar-refractivity contribution is -0.137. The zero-order valence-electron chi connectivity index (χ0n) is 6.41. The fourth-order valence-electron chi connectivity index (χ4n) is 0.570. The minimum absolute atomic E-state index is 0.357. The van der Waals surface area contributed by atoms with E-state index >= 15 is 0 Å². The van der Waals surface area contributed by atoms with Gasteiger partial charge in [0, 0.05) is 0 Å². The lowest BCUT2D eigenvalue weighted by Gasteiger charge is -2.03. The highest BCUT2D eigenvalue weighted by atomic mass is 127. The average Bonchev–Trinajstić information content (AvgIpc) is 2.06. The Bertz CT molecular complexity index is 225. The second-order valence-electron chi connectivity index (χ2n) is 1.89. The molecule has 0 bridgehead atoms. The van der Waals surface area contributed by atoms with Crippen LogP contribution < -0.4 is 0 Å². The molecule has 0 unspecified atom stereocenters. The van der Waals surface area contributed by atoms with Crippen molar-refractivity contribution in [2.45, 2.75) is 6.18 Å². The maximum Gasteiger partial charge on any atom is 0.552 e. The van der Waals surface area contributed by atoms with Crippen LogP contribution in [0, 0.1) is 6.07 Å². The summed E-state index contributed by atoms with van der Waals surface area (Å²) in [4.78, 5) is 0. The van der Waals surface area contributed by atoms with Crippen molar-refractivity contribution < 1.29 is 13.2 Å². The summed E-state index contributed by atoms with van der Waals surface area (Å²) >= 11 is 5.18. The fourth-order valence-corrected chi connectivity index (χ4v) is 0.570. The van der Waals surface area contributed by atoms with E-state index in [-0.39, 0.29) is 0 Å². The predicted octanol–water partition coefficient (Wildman–Crippen LogP) is 3.90. The smallest absolute Gasteiger partial charge is 0.276 e. The molecule has 0 amide bonds. The van der Waals surface area contributed by atoms with Crippen LogP contribution in [-0.2, 0) is 6.18 Å². The van der Waals surface area contributed by atoms with Gasteiger partial charge in [-0.2, -0.15) is 13.2 Å². The first-order valence-corrected chi connectivity index (χ1v) is 13.4. The van der Waals surface area contributed by atoms with E-state index in [4.69, 9.17) is 0 Å². The van der Waals surface area contributed by atoms with E-state index in [1.54, 1.807) is 0 Å². The Morgan fingerprint density at radius 1 is 1.31 bits per heavy atom. The van der Waals surface area contributed by atoms with E-state index in [2.05, 4.69) is 43.8 Å². The van der Waals surface area contributed by atoms with Crippen molar-refractivity contribution in [3.8, 4) is 0 Å². The predicted molar refractivity (Wildman–Crippen MR) is 64.1 cm³/mol. The number of benzene rings is 1. The SMILES string of the molecule is FC(F)(F)c1c[c]ccc1.[I][Mg][I]. The molecule has 0 aliphatic rings. The molecular formula is C7H4F3I2Mg. The van der Waals surface area contributed by atoms with E-state index in [0.717, 1.165) is 12.1 Å². The molecule has 0 aliphatic heterocycles. The molecule has 0 fully saturated rings. The van der Waals surface area contributed by atoms with E-state index < -0.39 is 11.7 Å². The quantitative estimate of drug-likeness (QED) is 0.439. The molecule has 0 spiro atoms. The molecule has 1 aromatic carbocycles. The Kier molecular flexibility index (Phi) is 8.23. The second-order valence-corrected chi connectivity index (χ2v) is 15.4. The van der Waals surface area contributed by atoms with Crippen molar-refractivity contribution in [3.63, 3.8) is 0 Å². The van der Waals surface area contributed by atoms with Crippen molar-refractivity contribution in [1.82, 2.24) is 0 Å². The summed E-state index contributed by atoms with van der Waals surface area (Å²) in [6.07, 6.45) is -4.24. The molecule has 0 saturated carbocycles. The van der Waals surface area contributed by atoms with Gasteiger partial charge in [-0.25, -0.2) is 0 Å².